The second-order valence-corrected chi connectivity index (χ2v) is 15.7. The predicted molar refractivity (Wildman–Crippen MR) is 226 cm³/mol. The number of para-hydroxylation sites is 2. The fraction of sp³-hybridized carbons (Fsp3) is 0.122. The first kappa shape index (κ1) is 31.5. The highest BCUT2D eigenvalue weighted by Gasteiger charge is 2.51. The second-order valence-electron chi connectivity index (χ2n) is 15.7. The summed E-state index contributed by atoms with van der Waals surface area (Å²) >= 11 is 0. The minimum absolute atomic E-state index is 0.449. The maximum atomic E-state index is 6.71. The molecule has 3 heterocycles. The topological polar surface area (TPSA) is 44.5 Å². The highest BCUT2D eigenvalue weighted by atomic mass is 16.7. The molecular weight excluding hydrogens is 661 g/mol. The predicted octanol–water partition coefficient (Wildman–Crippen LogP) is 12.4. The van der Waals surface area contributed by atoms with E-state index < -0.39 is 18.3 Å². The molecule has 10 aromatic rings. The van der Waals surface area contributed by atoms with E-state index in [0.717, 1.165) is 71.5 Å². The third kappa shape index (κ3) is 4.49. The number of pyridine rings is 1. The average Bonchev–Trinajstić information content (AvgIpc) is 3.68. The van der Waals surface area contributed by atoms with Crippen LogP contribution in [-0.4, -0.2) is 23.3 Å². The highest BCUT2D eigenvalue weighted by molar-refractivity contribution is 6.62. The van der Waals surface area contributed by atoms with E-state index in [1.807, 2.05) is 6.07 Å². The zero-order valence-corrected chi connectivity index (χ0v) is 30.6. The van der Waals surface area contributed by atoms with Crippen LogP contribution in [0.2, 0.25) is 0 Å². The van der Waals surface area contributed by atoms with Gasteiger partial charge in [-0.3, -0.25) is 0 Å². The van der Waals surface area contributed by atoms with Crippen LogP contribution in [0.15, 0.2) is 150 Å². The summed E-state index contributed by atoms with van der Waals surface area (Å²) in [5.74, 6) is 0. The monoisotopic (exact) mass is 697 g/mol. The van der Waals surface area contributed by atoms with E-state index >= 15 is 0 Å². The molecule has 0 radical (unpaired) electrons. The van der Waals surface area contributed by atoms with Crippen LogP contribution < -0.4 is 5.46 Å². The maximum Gasteiger partial charge on any atom is 0.494 e. The van der Waals surface area contributed by atoms with Gasteiger partial charge in [0.1, 0.15) is 11.2 Å². The van der Waals surface area contributed by atoms with Crippen molar-refractivity contribution in [1.82, 2.24) is 4.98 Å². The SMILES string of the molecule is CC1(C)OB(c2cccc(-c3c4c(cc5c(-c6ccc7c8ccccc8c8ccccc8c7c6)nc6ccccc6c35)oc3ccccc34)c2)OC1(C)C. The quantitative estimate of drug-likeness (QED) is 0.136. The molecule has 0 amide bonds. The van der Waals surface area contributed by atoms with E-state index in [4.69, 9.17) is 18.7 Å². The number of hydrogen-bond acceptors (Lipinski definition) is 4. The minimum Gasteiger partial charge on any atom is -0.456 e. The van der Waals surface area contributed by atoms with Gasteiger partial charge >= 0.3 is 7.12 Å². The Kier molecular flexibility index (Phi) is 6.57. The lowest BCUT2D eigenvalue weighted by molar-refractivity contribution is 0.00578. The van der Waals surface area contributed by atoms with E-state index in [1.54, 1.807) is 0 Å². The molecule has 1 aliphatic heterocycles. The van der Waals surface area contributed by atoms with Crippen LogP contribution in [0.4, 0.5) is 0 Å². The third-order valence-corrected chi connectivity index (χ3v) is 12.0. The Morgan fingerprint density at radius 1 is 0.444 bits per heavy atom. The number of rotatable bonds is 3. The van der Waals surface area contributed by atoms with E-state index in [1.165, 1.54) is 32.3 Å². The van der Waals surface area contributed by atoms with Crippen molar-refractivity contribution in [1.29, 1.82) is 0 Å². The molecule has 54 heavy (non-hydrogen) atoms. The molecule has 8 aromatic carbocycles. The van der Waals surface area contributed by atoms with E-state index in [0.29, 0.717) is 0 Å². The van der Waals surface area contributed by atoms with Crippen molar-refractivity contribution in [2.24, 2.45) is 0 Å². The Bertz CT molecular complexity index is 3140. The van der Waals surface area contributed by atoms with Crippen LogP contribution in [0.3, 0.4) is 0 Å². The lowest BCUT2D eigenvalue weighted by Crippen LogP contribution is -2.41. The first-order valence-corrected chi connectivity index (χ1v) is 18.7. The van der Waals surface area contributed by atoms with Gasteiger partial charge in [0.25, 0.3) is 0 Å². The van der Waals surface area contributed by atoms with Gasteiger partial charge < -0.3 is 13.7 Å². The molecule has 11 rings (SSSR count). The molecule has 0 atom stereocenters. The Morgan fingerprint density at radius 2 is 1.04 bits per heavy atom. The molecule has 1 aliphatic rings. The molecule has 2 aromatic heterocycles. The summed E-state index contributed by atoms with van der Waals surface area (Å²) < 4.78 is 19.8. The van der Waals surface area contributed by atoms with Gasteiger partial charge in [0.2, 0.25) is 0 Å². The van der Waals surface area contributed by atoms with Crippen LogP contribution in [0.5, 0.6) is 0 Å². The number of hydrogen-bond donors (Lipinski definition) is 0. The number of aromatic nitrogens is 1. The average molecular weight is 698 g/mol. The normalized spacial score (nSPS) is 15.5. The molecule has 0 spiro atoms. The summed E-state index contributed by atoms with van der Waals surface area (Å²) in [5, 5.41) is 12.9. The molecule has 0 N–H and O–H groups in total. The van der Waals surface area contributed by atoms with Gasteiger partial charge in [0.05, 0.1) is 22.4 Å². The molecule has 0 unspecified atom stereocenters. The summed E-state index contributed by atoms with van der Waals surface area (Å²) in [5.41, 5.74) is 6.88. The van der Waals surface area contributed by atoms with Gasteiger partial charge in [-0.2, -0.15) is 0 Å². The number of benzene rings is 8. The standard InChI is InChI=1S/C49H36BNO3/c1-48(2)49(3,4)54-50(53-48)31-15-13-14-29(26-31)44-45-37-20-9-11-22-41(37)51-47(40(45)28-43-46(44)38-21-10-12-23-42(38)52-43)30-24-25-36-34-18-6-5-16-32(34)33-17-7-8-19-35(33)39(36)27-30/h5-28H,1-4H3. The second kappa shape index (κ2) is 11.3. The van der Waals surface area contributed by atoms with Gasteiger partial charge in [-0.15, -0.1) is 0 Å². The lowest BCUT2D eigenvalue weighted by Gasteiger charge is -2.32. The Labute approximate surface area is 313 Å². The molecule has 0 bridgehead atoms. The summed E-state index contributed by atoms with van der Waals surface area (Å²) in [4.78, 5) is 5.45. The van der Waals surface area contributed by atoms with E-state index in [2.05, 4.69) is 167 Å². The first-order valence-electron chi connectivity index (χ1n) is 18.7. The lowest BCUT2D eigenvalue weighted by atomic mass is 9.77. The van der Waals surface area contributed by atoms with Crippen LogP contribution in [0.1, 0.15) is 27.7 Å². The Morgan fingerprint density at radius 3 is 1.74 bits per heavy atom. The van der Waals surface area contributed by atoms with Crippen LogP contribution in [0.25, 0.3) is 98.3 Å². The smallest absolute Gasteiger partial charge is 0.456 e. The number of fused-ring (bicyclic) bond motifs is 12. The Balaban J connectivity index is 1.25. The van der Waals surface area contributed by atoms with Gasteiger partial charge in [-0.05, 0) is 95.3 Å². The van der Waals surface area contributed by atoms with E-state index in [9.17, 15) is 0 Å². The summed E-state index contributed by atoms with van der Waals surface area (Å²) in [7, 11) is -0.487. The zero-order valence-electron chi connectivity index (χ0n) is 30.6. The minimum atomic E-state index is -0.487. The largest absolute Gasteiger partial charge is 0.494 e. The highest BCUT2D eigenvalue weighted by Crippen LogP contribution is 2.47. The van der Waals surface area contributed by atoms with Gasteiger partial charge in [0, 0.05) is 38.1 Å². The molecular formula is C49H36BNO3. The van der Waals surface area contributed by atoms with Crippen molar-refractivity contribution in [3.05, 3.63) is 146 Å². The number of nitrogens with zero attached hydrogens (tertiary/aromatic N) is 1. The fourth-order valence-corrected chi connectivity index (χ4v) is 8.70. The molecule has 0 saturated carbocycles. The Hall–Kier alpha value is -6.01. The molecule has 1 fully saturated rings. The van der Waals surface area contributed by atoms with Crippen molar-refractivity contribution in [2.75, 3.05) is 0 Å². The van der Waals surface area contributed by atoms with Gasteiger partial charge in [0.15, 0.2) is 0 Å². The van der Waals surface area contributed by atoms with Crippen LogP contribution in [-0.2, 0) is 9.31 Å². The maximum absolute atomic E-state index is 6.71. The number of furan rings is 1. The van der Waals surface area contributed by atoms with Crippen LogP contribution in [0, 0.1) is 0 Å². The fourth-order valence-electron chi connectivity index (χ4n) is 8.70. The molecule has 5 heteroatoms. The molecule has 1 saturated heterocycles. The van der Waals surface area contributed by atoms with Crippen molar-refractivity contribution >= 4 is 88.5 Å². The molecule has 0 aliphatic carbocycles. The van der Waals surface area contributed by atoms with Crippen molar-refractivity contribution in [3.63, 3.8) is 0 Å². The van der Waals surface area contributed by atoms with Gasteiger partial charge in [-0.1, -0.05) is 121 Å². The molecule has 4 nitrogen and oxygen atoms in total. The summed E-state index contributed by atoms with van der Waals surface area (Å²) in [6, 6.07) is 52.0. The summed E-state index contributed by atoms with van der Waals surface area (Å²) in [6.07, 6.45) is 0. The van der Waals surface area contributed by atoms with E-state index in [-0.39, 0.29) is 0 Å². The first-order chi connectivity index (χ1) is 26.3. The van der Waals surface area contributed by atoms with Crippen molar-refractivity contribution in [2.45, 2.75) is 38.9 Å². The van der Waals surface area contributed by atoms with Crippen molar-refractivity contribution in [3.8, 4) is 22.4 Å². The zero-order chi connectivity index (χ0) is 36.3. The van der Waals surface area contributed by atoms with Crippen LogP contribution >= 0.6 is 0 Å². The van der Waals surface area contributed by atoms with Gasteiger partial charge in [-0.25, -0.2) is 4.98 Å². The summed E-state index contributed by atoms with van der Waals surface area (Å²) in [6.45, 7) is 8.39. The van der Waals surface area contributed by atoms with Crippen molar-refractivity contribution < 1.29 is 13.7 Å². The molecule has 258 valence electrons. The third-order valence-electron chi connectivity index (χ3n) is 12.0.